The summed E-state index contributed by atoms with van der Waals surface area (Å²) in [5.41, 5.74) is 2.37. The molecule has 0 unspecified atom stereocenters. The van der Waals surface area contributed by atoms with Gasteiger partial charge in [-0.2, -0.15) is 0 Å². The third-order valence-corrected chi connectivity index (χ3v) is 6.43. The SMILES string of the molecule is CN1C[C@H](C(=O)N2CCCC(c3ccccc3)(c3ccccc3)C2)CCC1=O. The highest BCUT2D eigenvalue weighted by Gasteiger charge is 2.42. The number of rotatable bonds is 3. The highest BCUT2D eigenvalue weighted by Crippen LogP contribution is 2.40. The molecule has 146 valence electrons. The van der Waals surface area contributed by atoms with E-state index in [1.807, 2.05) is 12.1 Å². The lowest BCUT2D eigenvalue weighted by molar-refractivity contribution is -0.143. The van der Waals surface area contributed by atoms with Crippen LogP contribution < -0.4 is 0 Å². The molecule has 4 rings (SSSR count). The van der Waals surface area contributed by atoms with Crippen molar-refractivity contribution in [2.75, 3.05) is 26.7 Å². The number of carbonyl (C=O) groups is 2. The standard InChI is InChI=1S/C24H28N2O2/c1-25-17-19(13-14-22(25)27)23(28)26-16-8-15-24(18-26,20-9-4-2-5-10-20)21-11-6-3-7-12-21/h2-7,9-12,19H,8,13-18H2,1H3/t19-/m1/s1. The first-order valence-corrected chi connectivity index (χ1v) is 10.2. The number of nitrogens with zero attached hydrogens (tertiary/aromatic N) is 2. The number of piperidine rings is 2. The first-order valence-electron chi connectivity index (χ1n) is 10.2. The van der Waals surface area contributed by atoms with Gasteiger partial charge in [0.15, 0.2) is 0 Å². The minimum Gasteiger partial charge on any atom is -0.345 e. The van der Waals surface area contributed by atoms with Crippen LogP contribution in [0.25, 0.3) is 0 Å². The zero-order chi connectivity index (χ0) is 19.6. The first kappa shape index (κ1) is 18.7. The Morgan fingerprint density at radius 3 is 2.18 bits per heavy atom. The number of hydrogen-bond acceptors (Lipinski definition) is 2. The van der Waals surface area contributed by atoms with Gasteiger partial charge in [0.1, 0.15) is 0 Å². The molecule has 0 saturated carbocycles. The molecule has 2 heterocycles. The van der Waals surface area contributed by atoms with Crippen molar-refractivity contribution in [3.63, 3.8) is 0 Å². The van der Waals surface area contributed by atoms with Crippen LogP contribution in [0.4, 0.5) is 0 Å². The van der Waals surface area contributed by atoms with Crippen LogP contribution in [0.1, 0.15) is 36.8 Å². The molecular weight excluding hydrogens is 348 g/mol. The number of benzene rings is 2. The van der Waals surface area contributed by atoms with E-state index in [9.17, 15) is 9.59 Å². The summed E-state index contributed by atoms with van der Waals surface area (Å²) in [5, 5.41) is 0. The van der Waals surface area contributed by atoms with E-state index in [1.54, 1.807) is 11.9 Å². The van der Waals surface area contributed by atoms with Crippen LogP contribution in [0, 0.1) is 5.92 Å². The van der Waals surface area contributed by atoms with E-state index in [-0.39, 0.29) is 23.1 Å². The maximum Gasteiger partial charge on any atom is 0.227 e. The number of likely N-dealkylation sites (tertiary alicyclic amines) is 2. The van der Waals surface area contributed by atoms with Crippen molar-refractivity contribution in [3.05, 3.63) is 71.8 Å². The molecule has 0 aromatic heterocycles. The molecule has 0 bridgehead atoms. The van der Waals surface area contributed by atoms with E-state index in [0.29, 0.717) is 25.9 Å². The molecule has 4 nitrogen and oxygen atoms in total. The first-order chi connectivity index (χ1) is 13.6. The van der Waals surface area contributed by atoms with E-state index < -0.39 is 0 Å². The Morgan fingerprint density at radius 1 is 1.00 bits per heavy atom. The van der Waals surface area contributed by atoms with Gasteiger partial charge in [0, 0.05) is 38.5 Å². The Labute approximate surface area is 167 Å². The van der Waals surface area contributed by atoms with Gasteiger partial charge in [-0.3, -0.25) is 9.59 Å². The summed E-state index contributed by atoms with van der Waals surface area (Å²) < 4.78 is 0. The second kappa shape index (κ2) is 7.78. The maximum atomic E-state index is 13.3. The van der Waals surface area contributed by atoms with Crippen molar-refractivity contribution in [1.82, 2.24) is 9.80 Å². The van der Waals surface area contributed by atoms with Gasteiger partial charge >= 0.3 is 0 Å². The smallest absolute Gasteiger partial charge is 0.227 e. The summed E-state index contributed by atoms with van der Waals surface area (Å²) in [4.78, 5) is 28.9. The van der Waals surface area contributed by atoms with Gasteiger partial charge < -0.3 is 9.80 Å². The van der Waals surface area contributed by atoms with Crippen LogP contribution >= 0.6 is 0 Å². The molecule has 1 atom stereocenters. The van der Waals surface area contributed by atoms with Crippen molar-refractivity contribution < 1.29 is 9.59 Å². The molecule has 2 aliphatic heterocycles. The van der Waals surface area contributed by atoms with Crippen LogP contribution in [-0.4, -0.2) is 48.3 Å². The molecule has 4 heteroatoms. The van der Waals surface area contributed by atoms with Gasteiger partial charge in [-0.15, -0.1) is 0 Å². The fourth-order valence-corrected chi connectivity index (χ4v) is 4.87. The monoisotopic (exact) mass is 376 g/mol. The third-order valence-electron chi connectivity index (χ3n) is 6.43. The molecule has 2 aromatic rings. The Morgan fingerprint density at radius 2 is 1.61 bits per heavy atom. The molecular formula is C24H28N2O2. The summed E-state index contributed by atoms with van der Waals surface area (Å²) in [6.45, 7) is 2.04. The Kier molecular flexibility index (Phi) is 5.21. The molecule has 2 amide bonds. The zero-order valence-electron chi connectivity index (χ0n) is 16.5. The van der Waals surface area contributed by atoms with Crippen LogP contribution in [0.3, 0.4) is 0 Å². The summed E-state index contributed by atoms with van der Waals surface area (Å²) in [6.07, 6.45) is 3.16. The third kappa shape index (κ3) is 3.44. The Balaban J connectivity index is 1.64. The fraction of sp³-hybridized carbons (Fsp3) is 0.417. The van der Waals surface area contributed by atoms with Crippen molar-refractivity contribution in [1.29, 1.82) is 0 Å². The Bertz CT molecular complexity index is 795. The molecule has 0 N–H and O–H groups in total. The van der Waals surface area contributed by atoms with E-state index in [2.05, 4.69) is 53.4 Å². The highest BCUT2D eigenvalue weighted by atomic mass is 16.2. The van der Waals surface area contributed by atoms with Crippen LogP contribution in [0.5, 0.6) is 0 Å². The second-order valence-electron chi connectivity index (χ2n) is 8.19. The lowest BCUT2D eigenvalue weighted by Gasteiger charge is -2.45. The van der Waals surface area contributed by atoms with E-state index in [1.165, 1.54) is 11.1 Å². The van der Waals surface area contributed by atoms with Gasteiger partial charge in [0.2, 0.25) is 11.8 Å². The van der Waals surface area contributed by atoms with Gasteiger partial charge in [-0.1, -0.05) is 60.7 Å². The number of carbonyl (C=O) groups excluding carboxylic acids is 2. The minimum atomic E-state index is -0.174. The predicted molar refractivity (Wildman–Crippen MR) is 110 cm³/mol. The molecule has 2 fully saturated rings. The molecule has 28 heavy (non-hydrogen) atoms. The lowest BCUT2D eigenvalue weighted by atomic mass is 9.69. The van der Waals surface area contributed by atoms with Gasteiger partial charge in [-0.25, -0.2) is 0 Å². The molecule has 2 aromatic carbocycles. The van der Waals surface area contributed by atoms with Crippen molar-refractivity contribution in [2.24, 2.45) is 5.92 Å². The molecule has 2 aliphatic rings. The highest BCUT2D eigenvalue weighted by molar-refractivity contribution is 5.84. The van der Waals surface area contributed by atoms with Crippen molar-refractivity contribution in [3.8, 4) is 0 Å². The lowest BCUT2D eigenvalue weighted by Crippen LogP contribution is -2.53. The largest absolute Gasteiger partial charge is 0.345 e. The zero-order valence-corrected chi connectivity index (χ0v) is 16.5. The minimum absolute atomic E-state index is 0.0787. The van der Waals surface area contributed by atoms with E-state index in [4.69, 9.17) is 0 Å². The predicted octanol–water partition coefficient (Wildman–Crippen LogP) is 3.46. The van der Waals surface area contributed by atoms with Gasteiger partial charge in [0.05, 0.1) is 5.92 Å². The summed E-state index contributed by atoms with van der Waals surface area (Å²) in [5.74, 6) is 0.269. The van der Waals surface area contributed by atoms with E-state index in [0.717, 1.165) is 19.4 Å². The van der Waals surface area contributed by atoms with Crippen LogP contribution in [-0.2, 0) is 15.0 Å². The van der Waals surface area contributed by atoms with Gasteiger partial charge in [0.25, 0.3) is 0 Å². The van der Waals surface area contributed by atoms with Crippen LogP contribution in [0.2, 0.25) is 0 Å². The molecule has 0 spiro atoms. The summed E-state index contributed by atoms with van der Waals surface area (Å²) >= 11 is 0. The number of amides is 2. The molecule has 0 radical (unpaired) electrons. The van der Waals surface area contributed by atoms with E-state index >= 15 is 0 Å². The Hall–Kier alpha value is -2.62. The topological polar surface area (TPSA) is 40.6 Å². The summed E-state index contributed by atoms with van der Waals surface area (Å²) in [7, 11) is 1.80. The quantitative estimate of drug-likeness (QED) is 0.823. The van der Waals surface area contributed by atoms with Crippen LogP contribution in [0.15, 0.2) is 60.7 Å². The average molecular weight is 377 g/mol. The number of hydrogen-bond donors (Lipinski definition) is 0. The summed E-state index contributed by atoms with van der Waals surface area (Å²) in [6, 6.07) is 21.2. The molecule has 2 saturated heterocycles. The van der Waals surface area contributed by atoms with Gasteiger partial charge in [-0.05, 0) is 30.4 Å². The average Bonchev–Trinajstić information content (AvgIpc) is 2.76. The molecule has 0 aliphatic carbocycles. The normalized spacial score (nSPS) is 22.2. The fourth-order valence-electron chi connectivity index (χ4n) is 4.87. The van der Waals surface area contributed by atoms with Crippen molar-refractivity contribution >= 4 is 11.8 Å². The second-order valence-corrected chi connectivity index (χ2v) is 8.19. The van der Waals surface area contributed by atoms with Crippen molar-refractivity contribution in [2.45, 2.75) is 31.1 Å². The maximum absolute atomic E-state index is 13.3.